The van der Waals surface area contributed by atoms with E-state index in [-0.39, 0.29) is 1.43 Å². The highest BCUT2D eigenvalue weighted by Gasteiger charge is 1.68. The molecule has 0 heterocycles. The van der Waals surface area contributed by atoms with E-state index in [0.29, 0.717) is 0 Å². The van der Waals surface area contributed by atoms with E-state index < -0.39 is 0 Å². The van der Waals surface area contributed by atoms with Crippen LogP contribution in [0.2, 0.25) is 0 Å². The lowest BCUT2D eigenvalue weighted by atomic mass is 10.3. The van der Waals surface area contributed by atoms with Crippen molar-refractivity contribution in [2.24, 2.45) is 5.92 Å². The minimum Gasteiger partial charge on any atom is -0.0683 e. The molecule has 0 N–H and O–H groups in total. The van der Waals surface area contributed by atoms with Crippen molar-refractivity contribution in [2.75, 3.05) is 0 Å². The molecule has 0 aliphatic carbocycles. The van der Waals surface area contributed by atoms with Gasteiger partial charge in [0.05, 0.1) is 0 Å². The van der Waals surface area contributed by atoms with Crippen LogP contribution in [0, 0.1) is 5.92 Å². The first-order valence-electron chi connectivity index (χ1n) is 5.73. The zero-order valence-electron chi connectivity index (χ0n) is 11.0. The van der Waals surface area contributed by atoms with E-state index in [0.717, 1.165) is 5.92 Å². The second-order valence-electron chi connectivity index (χ2n) is 2.89. The summed E-state index contributed by atoms with van der Waals surface area (Å²) in [4.78, 5) is 0. The molecular formula is C14H30. The van der Waals surface area contributed by atoms with Crippen LogP contribution >= 0.6 is 0 Å². The van der Waals surface area contributed by atoms with Gasteiger partial charge in [0.25, 0.3) is 0 Å². The Morgan fingerprint density at radius 1 is 0.571 bits per heavy atom. The third kappa shape index (κ3) is 43.0. The predicted octanol–water partition coefficient (Wildman–Crippen LogP) is 5.65. The molecule has 86 valence electrons. The quantitative estimate of drug-likeness (QED) is 0.506. The second kappa shape index (κ2) is 22.8. The Morgan fingerprint density at radius 3 is 0.714 bits per heavy atom. The molecule has 0 nitrogen and oxygen atoms in total. The summed E-state index contributed by atoms with van der Waals surface area (Å²) in [6.45, 7) is 14.5. The molecule has 0 unspecified atom stereocenters. The minimum absolute atomic E-state index is 0. The van der Waals surface area contributed by atoms with E-state index in [2.05, 4.69) is 20.8 Å². The van der Waals surface area contributed by atoms with Crippen LogP contribution in [0.15, 0.2) is 36.4 Å². The lowest BCUT2D eigenvalue weighted by Crippen LogP contribution is -1.66. The average molecular weight is 199 g/mol. The normalized spacial score (nSPS) is 6.86. The first-order chi connectivity index (χ1) is 6.73. The van der Waals surface area contributed by atoms with E-state index in [1.54, 1.807) is 0 Å². The van der Waals surface area contributed by atoms with Gasteiger partial charge in [-0.3, -0.25) is 0 Å². The fourth-order valence-corrected chi connectivity index (χ4v) is 0.385. The molecule has 0 atom stereocenters. The summed E-state index contributed by atoms with van der Waals surface area (Å²) in [6.07, 6.45) is 0. The summed E-state index contributed by atoms with van der Waals surface area (Å²) in [5.41, 5.74) is 0. The molecule has 0 saturated carbocycles. The van der Waals surface area contributed by atoms with Crippen LogP contribution < -0.4 is 0 Å². The third-order valence-electron chi connectivity index (χ3n) is 0.667. The van der Waals surface area contributed by atoms with Crippen molar-refractivity contribution in [3.63, 3.8) is 0 Å². The summed E-state index contributed by atoms with van der Waals surface area (Å²) in [5, 5.41) is 0. The molecule has 1 rings (SSSR count). The topological polar surface area (TPSA) is 0 Å². The van der Waals surface area contributed by atoms with E-state index in [1.807, 2.05) is 64.1 Å². The largest absolute Gasteiger partial charge is 0.0683 e. The molecule has 1 aromatic carbocycles. The van der Waals surface area contributed by atoms with Gasteiger partial charge in [-0.05, 0) is 5.92 Å². The van der Waals surface area contributed by atoms with Crippen LogP contribution in [0.1, 0.15) is 49.9 Å². The van der Waals surface area contributed by atoms with E-state index in [4.69, 9.17) is 0 Å². The van der Waals surface area contributed by atoms with Gasteiger partial charge in [0, 0.05) is 1.43 Å². The molecule has 0 aliphatic rings. The third-order valence-corrected chi connectivity index (χ3v) is 0.667. The molecule has 14 heavy (non-hydrogen) atoms. The van der Waals surface area contributed by atoms with Crippen molar-refractivity contribution in [2.45, 2.75) is 48.5 Å². The van der Waals surface area contributed by atoms with Gasteiger partial charge in [0.2, 0.25) is 0 Å². The van der Waals surface area contributed by atoms with Gasteiger partial charge in [-0.2, -0.15) is 0 Å². The fraction of sp³-hybridized carbons (Fsp3) is 0.571. The Labute approximate surface area is 92.9 Å². The van der Waals surface area contributed by atoms with Crippen LogP contribution in [0.25, 0.3) is 0 Å². The highest BCUT2D eigenvalue weighted by Crippen LogP contribution is 1.81. The van der Waals surface area contributed by atoms with Crippen molar-refractivity contribution in [3.05, 3.63) is 36.4 Å². The maximum absolute atomic E-state index is 2.17. The average Bonchev–Trinajstić information content (AvgIpc) is 2.25. The molecule has 0 radical (unpaired) electrons. The van der Waals surface area contributed by atoms with Gasteiger partial charge >= 0.3 is 0 Å². The first-order valence-corrected chi connectivity index (χ1v) is 5.73. The summed E-state index contributed by atoms with van der Waals surface area (Å²) >= 11 is 0. The Balaban J connectivity index is -0.0000000601. The highest BCUT2D eigenvalue weighted by molar-refractivity contribution is 4.99. The molecule has 0 amide bonds. The monoisotopic (exact) mass is 199 g/mol. The van der Waals surface area contributed by atoms with Crippen LogP contribution in [-0.2, 0) is 0 Å². The number of rotatable bonds is 0. The van der Waals surface area contributed by atoms with Crippen LogP contribution in [0.4, 0.5) is 0 Å². The second-order valence-corrected chi connectivity index (χ2v) is 2.89. The van der Waals surface area contributed by atoms with Gasteiger partial charge in [-0.1, -0.05) is 84.9 Å². The lowest BCUT2D eigenvalue weighted by Gasteiger charge is -1.79. The van der Waals surface area contributed by atoms with Gasteiger partial charge in [-0.25, -0.2) is 0 Å². The van der Waals surface area contributed by atoms with Gasteiger partial charge in [0.1, 0.15) is 0 Å². The van der Waals surface area contributed by atoms with Crippen LogP contribution in [0.3, 0.4) is 0 Å². The number of hydrogen-bond acceptors (Lipinski definition) is 0. The maximum Gasteiger partial charge on any atom is 0 e. The van der Waals surface area contributed by atoms with Crippen molar-refractivity contribution in [1.29, 1.82) is 0 Å². The van der Waals surface area contributed by atoms with Crippen molar-refractivity contribution < 1.29 is 1.43 Å². The van der Waals surface area contributed by atoms with E-state index in [9.17, 15) is 0 Å². The zero-order valence-corrected chi connectivity index (χ0v) is 11.0. The van der Waals surface area contributed by atoms with Crippen LogP contribution in [-0.4, -0.2) is 0 Å². The summed E-state index contributed by atoms with van der Waals surface area (Å²) in [7, 11) is 0. The Bertz CT molecular complexity index is 106. The minimum atomic E-state index is 0. The van der Waals surface area contributed by atoms with Gasteiger partial charge in [0.15, 0.2) is 0 Å². The maximum atomic E-state index is 2.17. The van der Waals surface area contributed by atoms with Crippen molar-refractivity contribution in [1.82, 2.24) is 0 Å². The molecule has 0 aliphatic heterocycles. The molecular weight excluding hydrogens is 168 g/mol. The molecule has 0 spiro atoms. The molecule has 0 bridgehead atoms. The summed E-state index contributed by atoms with van der Waals surface area (Å²) in [5.74, 6) is 0.833. The SMILES string of the molecule is CC.CC.CC(C)C.[2HH].c1ccccc1. The van der Waals surface area contributed by atoms with Gasteiger partial charge < -0.3 is 0 Å². The standard InChI is InChI=1S/C6H6.C4H10.2C2H6.H2/c1-2-4-6-5-3-1;1-4(2)3;2*1-2;/h1-6H;4H,1-3H3;2*1-2H3;1H/i;;;;1+1. The fourth-order valence-electron chi connectivity index (χ4n) is 0.385. The van der Waals surface area contributed by atoms with Crippen LogP contribution in [0.5, 0.6) is 0 Å². The van der Waals surface area contributed by atoms with E-state index in [1.165, 1.54) is 0 Å². The highest BCUT2D eigenvalue weighted by atomic mass is 13.7. The Kier molecular flexibility index (Phi) is 30.7. The first kappa shape index (κ1) is 18.9. The lowest BCUT2D eigenvalue weighted by molar-refractivity contribution is 0.737. The predicted molar refractivity (Wildman–Crippen MR) is 71.8 cm³/mol. The molecule has 0 aromatic heterocycles. The Morgan fingerprint density at radius 2 is 0.643 bits per heavy atom. The Hall–Kier alpha value is -0.780. The van der Waals surface area contributed by atoms with Crippen molar-refractivity contribution in [3.8, 4) is 0 Å². The molecule has 0 saturated heterocycles. The summed E-state index contributed by atoms with van der Waals surface area (Å²) < 4.78 is 0. The van der Waals surface area contributed by atoms with Gasteiger partial charge in [-0.15, -0.1) is 0 Å². The zero-order chi connectivity index (χ0) is 11.8. The molecule has 0 heteroatoms. The molecule has 0 fully saturated rings. The van der Waals surface area contributed by atoms with Crippen molar-refractivity contribution >= 4 is 0 Å². The molecule has 1 aromatic rings. The smallest absolute Gasteiger partial charge is 0 e. The number of hydrogen-bond donors (Lipinski definition) is 0. The number of benzene rings is 1. The summed E-state index contributed by atoms with van der Waals surface area (Å²) in [6, 6.07) is 12.0. The van der Waals surface area contributed by atoms with E-state index >= 15 is 0 Å².